The standard InChI is InChI=1S/C11H11BrF4O/c12-8-1-2-10(13)7(5-8)6-9(17)3-4-11(14,15)16/h1-2,5,9,17H,3-4,6H2. The van der Waals surface area contributed by atoms with E-state index in [1.165, 1.54) is 18.2 Å². The van der Waals surface area contributed by atoms with Crippen molar-refractivity contribution in [3.8, 4) is 0 Å². The zero-order valence-corrected chi connectivity index (χ0v) is 10.4. The number of hydrogen-bond donors (Lipinski definition) is 1. The fourth-order valence-corrected chi connectivity index (χ4v) is 1.79. The van der Waals surface area contributed by atoms with Crippen molar-refractivity contribution in [1.82, 2.24) is 0 Å². The minimum Gasteiger partial charge on any atom is -0.393 e. The molecule has 0 saturated heterocycles. The molecule has 1 N–H and O–H groups in total. The Balaban J connectivity index is 2.56. The number of aliphatic hydroxyl groups is 1. The third-order valence-corrected chi connectivity index (χ3v) is 2.72. The van der Waals surface area contributed by atoms with Crippen LogP contribution in [0, 0.1) is 5.82 Å². The lowest BCUT2D eigenvalue weighted by Crippen LogP contribution is -2.16. The Hall–Kier alpha value is -0.620. The lowest BCUT2D eigenvalue weighted by atomic mass is 10.0. The smallest absolute Gasteiger partial charge is 0.389 e. The van der Waals surface area contributed by atoms with Gasteiger partial charge < -0.3 is 5.11 Å². The van der Waals surface area contributed by atoms with E-state index in [9.17, 15) is 22.7 Å². The number of benzene rings is 1. The Kier molecular flexibility index (Phi) is 4.94. The van der Waals surface area contributed by atoms with E-state index in [1.807, 2.05) is 0 Å². The van der Waals surface area contributed by atoms with Crippen LogP contribution in [-0.2, 0) is 6.42 Å². The van der Waals surface area contributed by atoms with Gasteiger partial charge in [0.1, 0.15) is 5.82 Å². The fourth-order valence-electron chi connectivity index (χ4n) is 1.39. The molecule has 17 heavy (non-hydrogen) atoms. The van der Waals surface area contributed by atoms with Gasteiger partial charge in [0.25, 0.3) is 0 Å². The Bertz CT molecular complexity index is 378. The maximum absolute atomic E-state index is 13.3. The average molecular weight is 315 g/mol. The first-order valence-electron chi connectivity index (χ1n) is 4.96. The molecule has 1 aromatic carbocycles. The van der Waals surface area contributed by atoms with Gasteiger partial charge in [0.05, 0.1) is 6.10 Å². The molecule has 0 spiro atoms. The van der Waals surface area contributed by atoms with Gasteiger partial charge in [-0.3, -0.25) is 0 Å². The molecule has 96 valence electrons. The van der Waals surface area contributed by atoms with Crippen LogP contribution < -0.4 is 0 Å². The summed E-state index contributed by atoms with van der Waals surface area (Å²) in [5, 5.41) is 9.40. The summed E-state index contributed by atoms with van der Waals surface area (Å²) >= 11 is 3.13. The minimum absolute atomic E-state index is 0.124. The molecule has 0 fully saturated rings. The summed E-state index contributed by atoms with van der Waals surface area (Å²) in [5.74, 6) is -0.528. The van der Waals surface area contributed by atoms with Crippen LogP contribution in [0.15, 0.2) is 22.7 Å². The molecule has 1 nitrogen and oxygen atoms in total. The van der Waals surface area contributed by atoms with Crippen molar-refractivity contribution in [3.63, 3.8) is 0 Å². The molecule has 1 unspecified atom stereocenters. The maximum atomic E-state index is 13.3. The quantitative estimate of drug-likeness (QED) is 0.837. The van der Waals surface area contributed by atoms with E-state index in [1.54, 1.807) is 0 Å². The van der Waals surface area contributed by atoms with Gasteiger partial charge >= 0.3 is 6.18 Å². The van der Waals surface area contributed by atoms with Crippen molar-refractivity contribution < 1.29 is 22.7 Å². The molecule has 1 atom stereocenters. The predicted octanol–water partition coefficient (Wildman–Crippen LogP) is 3.83. The largest absolute Gasteiger partial charge is 0.393 e. The SMILES string of the molecule is OC(CCC(F)(F)F)Cc1cc(Br)ccc1F. The van der Waals surface area contributed by atoms with Crippen molar-refractivity contribution in [2.45, 2.75) is 31.5 Å². The van der Waals surface area contributed by atoms with E-state index in [0.29, 0.717) is 4.47 Å². The van der Waals surface area contributed by atoms with Gasteiger partial charge in [-0.2, -0.15) is 13.2 Å². The molecule has 0 aliphatic rings. The molecule has 0 heterocycles. The van der Waals surface area contributed by atoms with Gasteiger partial charge in [0.15, 0.2) is 0 Å². The van der Waals surface area contributed by atoms with E-state index in [2.05, 4.69) is 15.9 Å². The van der Waals surface area contributed by atoms with Gasteiger partial charge in [-0.25, -0.2) is 4.39 Å². The zero-order chi connectivity index (χ0) is 13.1. The number of alkyl halides is 3. The molecule has 0 bridgehead atoms. The highest BCUT2D eigenvalue weighted by Crippen LogP contribution is 2.24. The Morgan fingerprint density at radius 2 is 1.94 bits per heavy atom. The summed E-state index contributed by atoms with van der Waals surface area (Å²) in [6.45, 7) is 0. The lowest BCUT2D eigenvalue weighted by Gasteiger charge is -2.13. The fraction of sp³-hybridized carbons (Fsp3) is 0.455. The lowest BCUT2D eigenvalue weighted by molar-refractivity contribution is -0.139. The third kappa shape index (κ3) is 5.50. The molecule has 0 aliphatic heterocycles. The molecule has 1 aromatic rings. The molecular weight excluding hydrogens is 304 g/mol. The van der Waals surface area contributed by atoms with Gasteiger partial charge in [0.2, 0.25) is 0 Å². The van der Waals surface area contributed by atoms with Gasteiger partial charge in [-0.05, 0) is 30.2 Å². The van der Waals surface area contributed by atoms with Crippen LogP contribution in [0.2, 0.25) is 0 Å². The summed E-state index contributed by atoms with van der Waals surface area (Å²) in [4.78, 5) is 0. The van der Waals surface area contributed by atoms with Crippen molar-refractivity contribution in [3.05, 3.63) is 34.1 Å². The molecule has 0 radical (unpaired) electrons. The zero-order valence-electron chi connectivity index (χ0n) is 8.77. The predicted molar refractivity (Wildman–Crippen MR) is 59.1 cm³/mol. The Morgan fingerprint density at radius 1 is 1.29 bits per heavy atom. The second-order valence-electron chi connectivity index (χ2n) is 3.75. The van der Waals surface area contributed by atoms with Crippen LogP contribution in [0.1, 0.15) is 18.4 Å². The second kappa shape index (κ2) is 5.82. The molecule has 0 aromatic heterocycles. The van der Waals surface area contributed by atoms with Crippen LogP contribution in [0.5, 0.6) is 0 Å². The normalized spacial score (nSPS) is 13.8. The first kappa shape index (κ1) is 14.4. The van der Waals surface area contributed by atoms with Gasteiger partial charge in [-0.15, -0.1) is 0 Å². The highest BCUT2D eigenvalue weighted by molar-refractivity contribution is 9.10. The Morgan fingerprint density at radius 3 is 2.53 bits per heavy atom. The summed E-state index contributed by atoms with van der Waals surface area (Å²) in [6.07, 6.45) is -7.10. The average Bonchev–Trinajstić information content (AvgIpc) is 2.20. The number of aliphatic hydroxyl groups excluding tert-OH is 1. The molecule has 6 heteroatoms. The van der Waals surface area contributed by atoms with E-state index in [-0.39, 0.29) is 12.0 Å². The number of hydrogen-bond acceptors (Lipinski definition) is 1. The summed E-state index contributed by atoms with van der Waals surface area (Å²) in [5.41, 5.74) is 0.203. The monoisotopic (exact) mass is 314 g/mol. The first-order chi connectivity index (χ1) is 7.78. The third-order valence-electron chi connectivity index (χ3n) is 2.22. The molecule has 0 saturated carbocycles. The van der Waals surface area contributed by atoms with Crippen molar-refractivity contribution in [2.75, 3.05) is 0 Å². The summed E-state index contributed by atoms with van der Waals surface area (Å²) in [7, 11) is 0. The molecule has 1 rings (SSSR count). The van der Waals surface area contributed by atoms with E-state index in [0.717, 1.165) is 0 Å². The second-order valence-corrected chi connectivity index (χ2v) is 4.66. The summed E-state index contributed by atoms with van der Waals surface area (Å²) in [6, 6.07) is 4.14. The van der Waals surface area contributed by atoms with Crippen LogP contribution in [-0.4, -0.2) is 17.4 Å². The van der Waals surface area contributed by atoms with Crippen molar-refractivity contribution in [1.29, 1.82) is 0 Å². The topological polar surface area (TPSA) is 20.2 Å². The van der Waals surface area contributed by atoms with Crippen molar-refractivity contribution >= 4 is 15.9 Å². The Labute approximate surface area is 105 Å². The minimum atomic E-state index is -4.29. The van der Waals surface area contributed by atoms with E-state index >= 15 is 0 Å². The van der Waals surface area contributed by atoms with E-state index in [4.69, 9.17) is 0 Å². The summed E-state index contributed by atoms with van der Waals surface area (Å²) < 4.78 is 49.6. The van der Waals surface area contributed by atoms with E-state index < -0.39 is 30.9 Å². The highest BCUT2D eigenvalue weighted by Gasteiger charge is 2.28. The van der Waals surface area contributed by atoms with Crippen molar-refractivity contribution in [2.24, 2.45) is 0 Å². The number of rotatable bonds is 4. The highest BCUT2D eigenvalue weighted by atomic mass is 79.9. The van der Waals surface area contributed by atoms with Crippen LogP contribution in [0.25, 0.3) is 0 Å². The van der Waals surface area contributed by atoms with Crippen LogP contribution in [0.4, 0.5) is 17.6 Å². The van der Waals surface area contributed by atoms with Gasteiger partial charge in [0, 0.05) is 17.3 Å². The van der Waals surface area contributed by atoms with Crippen LogP contribution in [0.3, 0.4) is 0 Å². The number of halogens is 5. The molecule has 0 amide bonds. The van der Waals surface area contributed by atoms with Gasteiger partial charge in [-0.1, -0.05) is 15.9 Å². The van der Waals surface area contributed by atoms with Crippen LogP contribution >= 0.6 is 15.9 Å². The molecule has 0 aliphatic carbocycles. The maximum Gasteiger partial charge on any atom is 0.389 e. The first-order valence-corrected chi connectivity index (χ1v) is 5.76. The molecular formula is C11H11BrF4O.